The molecule has 0 bridgehead atoms. The second-order valence-electron chi connectivity index (χ2n) is 6.04. The molecule has 0 saturated carbocycles. The van der Waals surface area contributed by atoms with Crippen LogP contribution in [0.3, 0.4) is 0 Å². The molecule has 23 heavy (non-hydrogen) atoms. The fourth-order valence-electron chi connectivity index (χ4n) is 3.11. The summed E-state index contributed by atoms with van der Waals surface area (Å²) in [6.45, 7) is 1.02. The zero-order chi connectivity index (χ0) is 16.2. The van der Waals surface area contributed by atoms with E-state index in [9.17, 15) is 9.90 Å². The SMILES string of the molecule is COc1ccc(C[C@H]2NC[C@H](O)[C@H]2OC(=O)[C@@H]2CCCO2)cc1. The summed E-state index contributed by atoms with van der Waals surface area (Å²) in [6.07, 6.45) is 0.519. The molecule has 2 heterocycles. The van der Waals surface area contributed by atoms with Crippen molar-refractivity contribution in [3.8, 4) is 5.75 Å². The van der Waals surface area contributed by atoms with E-state index in [1.165, 1.54) is 0 Å². The van der Waals surface area contributed by atoms with E-state index in [4.69, 9.17) is 14.2 Å². The van der Waals surface area contributed by atoms with Gasteiger partial charge in [0.05, 0.1) is 13.2 Å². The van der Waals surface area contributed by atoms with Crippen LogP contribution in [-0.4, -0.2) is 55.7 Å². The third-order valence-electron chi connectivity index (χ3n) is 4.42. The highest BCUT2D eigenvalue weighted by Crippen LogP contribution is 2.21. The summed E-state index contributed by atoms with van der Waals surface area (Å²) >= 11 is 0. The molecule has 0 radical (unpaired) electrons. The number of hydrogen-bond acceptors (Lipinski definition) is 6. The molecule has 0 unspecified atom stereocenters. The van der Waals surface area contributed by atoms with Gasteiger partial charge in [-0.25, -0.2) is 4.79 Å². The van der Waals surface area contributed by atoms with Gasteiger partial charge in [0.2, 0.25) is 0 Å². The number of ether oxygens (including phenoxy) is 3. The van der Waals surface area contributed by atoms with E-state index in [2.05, 4.69) is 5.32 Å². The predicted octanol–water partition coefficient (Wildman–Crippen LogP) is 0.661. The van der Waals surface area contributed by atoms with Gasteiger partial charge in [-0.1, -0.05) is 12.1 Å². The lowest BCUT2D eigenvalue weighted by Crippen LogP contribution is -2.41. The van der Waals surface area contributed by atoms with Crippen molar-refractivity contribution in [2.45, 2.75) is 43.6 Å². The summed E-state index contributed by atoms with van der Waals surface area (Å²) in [5.41, 5.74) is 1.09. The number of aliphatic hydroxyl groups excluding tert-OH is 1. The van der Waals surface area contributed by atoms with Crippen LogP contribution in [-0.2, 0) is 20.7 Å². The Labute approximate surface area is 135 Å². The van der Waals surface area contributed by atoms with Crippen molar-refractivity contribution < 1.29 is 24.1 Å². The molecule has 0 aliphatic carbocycles. The molecule has 1 aromatic rings. The van der Waals surface area contributed by atoms with Gasteiger partial charge >= 0.3 is 5.97 Å². The van der Waals surface area contributed by atoms with E-state index < -0.39 is 18.3 Å². The number of nitrogens with one attached hydrogen (secondary N) is 1. The van der Waals surface area contributed by atoms with Gasteiger partial charge in [-0.3, -0.25) is 0 Å². The van der Waals surface area contributed by atoms with Gasteiger partial charge in [-0.05, 0) is 37.0 Å². The average molecular weight is 321 g/mol. The van der Waals surface area contributed by atoms with Crippen LogP contribution in [0, 0.1) is 0 Å². The van der Waals surface area contributed by atoms with Gasteiger partial charge in [-0.2, -0.15) is 0 Å². The predicted molar refractivity (Wildman–Crippen MR) is 83.3 cm³/mol. The number of aliphatic hydroxyl groups is 1. The molecule has 2 aliphatic heterocycles. The number of carbonyl (C=O) groups is 1. The Hall–Kier alpha value is -1.63. The number of rotatable bonds is 5. The van der Waals surface area contributed by atoms with E-state index in [0.717, 1.165) is 17.7 Å². The van der Waals surface area contributed by atoms with Crippen LogP contribution in [0.25, 0.3) is 0 Å². The molecule has 2 aliphatic rings. The molecule has 2 fully saturated rings. The van der Waals surface area contributed by atoms with Crippen LogP contribution in [0.15, 0.2) is 24.3 Å². The quantitative estimate of drug-likeness (QED) is 0.776. The first-order valence-corrected chi connectivity index (χ1v) is 8.04. The monoisotopic (exact) mass is 321 g/mol. The third-order valence-corrected chi connectivity index (χ3v) is 4.42. The van der Waals surface area contributed by atoms with Gasteiger partial charge in [0.25, 0.3) is 0 Å². The number of carbonyl (C=O) groups excluding carboxylic acids is 1. The molecule has 6 heteroatoms. The maximum atomic E-state index is 12.1. The first-order valence-electron chi connectivity index (χ1n) is 8.04. The van der Waals surface area contributed by atoms with Crippen molar-refractivity contribution in [2.75, 3.05) is 20.3 Å². The highest BCUT2D eigenvalue weighted by molar-refractivity contribution is 5.75. The first-order chi connectivity index (χ1) is 11.2. The van der Waals surface area contributed by atoms with E-state index in [-0.39, 0.29) is 12.0 Å². The van der Waals surface area contributed by atoms with Crippen molar-refractivity contribution >= 4 is 5.97 Å². The Morgan fingerprint density at radius 3 is 2.83 bits per heavy atom. The lowest BCUT2D eigenvalue weighted by molar-refractivity contribution is -0.164. The number of β-amino-alcohol motifs (C(OH)–C–C–N with tert-alkyl or cyclic N) is 1. The lowest BCUT2D eigenvalue weighted by atomic mass is 10.0. The second kappa shape index (κ2) is 7.29. The fourth-order valence-corrected chi connectivity index (χ4v) is 3.11. The summed E-state index contributed by atoms with van der Waals surface area (Å²) in [4.78, 5) is 12.1. The molecule has 3 rings (SSSR count). The smallest absolute Gasteiger partial charge is 0.335 e. The minimum absolute atomic E-state index is 0.108. The lowest BCUT2D eigenvalue weighted by Gasteiger charge is -2.23. The number of methoxy groups -OCH3 is 1. The molecular formula is C17H23NO5. The Balaban J connectivity index is 1.61. The molecular weight excluding hydrogens is 298 g/mol. The molecule has 2 N–H and O–H groups in total. The molecule has 126 valence electrons. The number of esters is 1. The second-order valence-corrected chi connectivity index (χ2v) is 6.04. The minimum Gasteiger partial charge on any atom is -0.497 e. The molecule has 1 aromatic carbocycles. The van der Waals surface area contributed by atoms with Crippen LogP contribution < -0.4 is 10.1 Å². The Morgan fingerprint density at radius 2 is 2.17 bits per heavy atom. The zero-order valence-electron chi connectivity index (χ0n) is 13.2. The van der Waals surface area contributed by atoms with Gasteiger partial charge in [-0.15, -0.1) is 0 Å². The van der Waals surface area contributed by atoms with Crippen LogP contribution in [0.2, 0.25) is 0 Å². The largest absolute Gasteiger partial charge is 0.497 e. The normalized spacial score (nSPS) is 30.3. The Morgan fingerprint density at radius 1 is 1.39 bits per heavy atom. The molecule has 0 amide bonds. The van der Waals surface area contributed by atoms with Crippen molar-refractivity contribution in [1.29, 1.82) is 0 Å². The van der Waals surface area contributed by atoms with E-state index >= 15 is 0 Å². The summed E-state index contributed by atoms with van der Waals surface area (Å²) in [7, 11) is 1.63. The molecule has 0 spiro atoms. The zero-order valence-corrected chi connectivity index (χ0v) is 13.2. The first kappa shape index (κ1) is 16.2. The molecule has 4 atom stereocenters. The molecule has 2 saturated heterocycles. The van der Waals surface area contributed by atoms with Crippen molar-refractivity contribution in [3.05, 3.63) is 29.8 Å². The van der Waals surface area contributed by atoms with Crippen LogP contribution >= 0.6 is 0 Å². The molecule has 6 nitrogen and oxygen atoms in total. The van der Waals surface area contributed by atoms with Crippen molar-refractivity contribution in [2.24, 2.45) is 0 Å². The van der Waals surface area contributed by atoms with Crippen molar-refractivity contribution in [3.63, 3.8) is 0 Å². The standard InChI is InChI=1S/C17H23NO5/c1-21-12-6-4-11(5-7-12)9-13-16(14(19)10-18-13)23-17(20)15-3-2-8-22-15/h4-7,13-16,18-19H,2-3,8-10H2,1H3/t13-,14+,15+,16+/m1/s1. The molecule has 0 aromatic heterocycles. The van der Waals surface area contributed by atoms with Gasteiger partial charge in [0, 0.05) is 13.2 Å². The minimum atomic E-state index is -0.691. The summed E-state index contributed by atoms with van der Waals surface area (Å²) in [6, 6.07) is 7.64. The highest BCUT2D eigenvalue weighted by atomic mass is 16.6. The van der Waals surface area contributed by atoms with E-state index in [0.29, 0.717) is 26.0 Å². The summed E-state index contributed by atoms with van der Waals surface area (Å²) < 4.78 is 16.0. The van der Waals surface area contributed by atoms with Gasteiger partial charge < -0.3 is 24.6 Å². The highest BCUT2D eigenvalue weighted by Gasteiger charge is 2.39. The van der Waals surface area contributed by atoms with Gasteiger partial charge in [0.1, 0.15) is 18.0 Å². The number of hydrogen-bond donors (Lipinski definition) is 2. The third kappa shape index (κ3) is 3.83. The van der Waals surface area contributed by atoms with Crippen LogP contribution in [0.5, 0.6) is 5.75 Å². The maximum absolute atomic E-state index is 12.1. The average Bonchev–Trinajstić information content (AvgIpc) is 3.21. The van der Waals surface area contributed by atoms with Crippen molar-refractivity contribution in [1.82, 2.24) is 5.32 Å². The van der Waals surface area contributed by atoms with E-state index in [1.807, 2.05) is 24.3 Å². The fraction of sp³-hybridized carbons (Fsp3) is 0.588. The van der Waals surface area contributed by atoms with Gasteiger partial charge in [0.15, 0.2) is 6.10 Å². The topological polar surface area (TPSA) is 77.0 Å². The summed E-state index contributed by atoms with van der Waals surface area (Å²) in [5, 5.41) is 13.3. The summed E-state index contributed by atoms with van der Waals surface area (Å²) in [5.74, 6) is 0.435. The maximum Gasteiger partial charge on any atom is 0.335 e. The van der Waals surface area contributed by atoms with Crippen LogP contribution in [0.1, 0.15) is 18.4 Å². The number of benzene rings is 1. The Bertz CT molecular complexity index is 526. The van der Waals surface area contributed by atoms with Crippen LogP contribution in [0.4, 0.5) is 0 Å². The van der Waals surface area contributed by atoms with E-state index in [1.54, 1.807) is 7.11 Å². The Kier molecular flexibility index (Phi) is 5.15.